The van der Waals surface area contributed by atoms with Crippen molar-refractivity contribution in [1.29, 1.82) is 0 Å². The maximum absolute atomic E-state index is 12.4. The van der Waals surface area contributed by atoms with E-state index in [1.165, 1.54) is 0 Å². The molecule has 0 aliphatic carbocycles. The molecule has 5 nitrogen and oxygen atoms in total. The van der Waals surface area contributed by atoms with Crippen molar-refractivity contribution in [2.24, 2.45) is 0 Å². The quantitative estimate of drug-likeness (QED) is 0.709. The number of carbonyl (C=O) groups is 2. The third-order valence-electron chi connectivity index (χ3n) is 4.00. The summed E-state index contributed by atoms with van der Waals surface area (Å²) in [6.07, 6.45) is -0.760. The summed E-state index contributed by atoms with van der Waals surface area (Å²) in [5.41, 5.74) is 1.05. The minimum atomic E-state index is -0.760. The van der Waals surface area contributed by atoms with Crippen LogP contribution in [-0.4, -0.2) is 35.9 Å². The molecule has 0 aromatic heterocycles. The van der Waals surface area contributed by atoms with Crippen LogP contribution in [0.15, 0.2) is 42.5 Å². The Morgan fingerprint density at radius 2 is 1.78 bits per heavy atom. The maximum Gasteiger partial charge on any atom is 0.265 e. The number of benzene rings is 2. The van der Waals surface area contributed by atoms with E-state index in [4.69, 9.17) is 27.9 Å². The second-order valence-corrected chi connectivity index (χ2v) is 6.70. The Balaban J connectivity index is 2.05. The molecular formula is C20H22Cl2N2O3. The number of nitrogens with one attached hydrogen (secondary N) is 1. The Morgan fingerprint density at radius 1 is 1.07 bits per heavy atom. The summed E-state index contributed by atoms with van der Waals surface area (Å²) >= 11 is 11.8. The Labute approximate surface area is 169 Å². The fourth-order valence-electron chi connectivity index (χ4n) is 2.48. The summed E-state index contributed by atoms with van der Waals surface area (Å²) in [6, 6.07) is 11.6. The lowest BCUT2D eigenvalue weighted by Gasteiger charge is -2.19. The predicted octanol–water partition coefficient (Wildman–Crippen LogP) is 4.88. The van der Waals surface area contributed by atoms with E-state index in [0.717, 1.165) is 0 Å². The molecule has 2 aromatic rings. The summed E-state index contributed by atoms with van der Waals surface area (Å²) in [6.45, 7) is 6.73. The molecule has 0 fully saturated rings. The Morgan fingerprint density at radius 3 is 2.41 bits per heavy atom. The molecular weight excluding hydrogens is 387 g/mol. The molecule has 0 saturated carbocycles. The normalized spacial score (nSPS) is 11.6. The molecule has 144 valence electrons. The van der Waals surface area contributed by atoms with E-state index in [1.807, 2.05) is 13.8 Å². The second-order valence-electron chi connectivity index (χ2n) is 5.88. The summed E-state index contributed by atoms with van der Waals surface area (Å²) in [5.74, 6) is 0.0298. The molecule has 0 radical (unpaired) electrons. The largest absolute Gasteiger partial charge is 0.481 e. The van der Waals surface area contributed by atoms with Crippen molar-refractivity contribution < 1.29 is 14.3 Å². The fraction of sp³-hybridized carbons (Fsp3) is 0.300. The predicted molar refractivity (Wildman–Crippen MR) is 109 cm³/mol. The molecule has 0 saturated heterocycles. The van der Waals surface area contributed by atoms with Crippen molar-refractivity contribution in [1.82, 2.24) is 4.90 Å². The van der Waals surface area contributed by atoms with Crippen molar-refractivity contribution >= 4 is 40.7 Å². The van der Waals surface area contributed by atoms with Crippen molar-refractivity contribution in [3.8, 4) is 5.75 Å². The van der Waals surface area contributed by atoms with Crippen LogP contribution in [0.1, 0.15) is 31.1 Å². The molecule has 0 spiro atoms. The number of amides is 2. The molecule has 0 bridgehead atoms. The van der Waals surface area contributed by atoms with Crippen LogP contribution in [0.25, 0.3) is 0 Å². The number of ether oxygens (including phenoxy) is 1. The molecule has 7 heteroatoms. The molecule has 0 heterocycles. The van der Waals surface area contributed by atoms with Crippen molar-refractivity contribution in [3.05, 3.63) is 58.1 Å². The molecule has 0 aliphatic rings. The molecule has 2 amide bonds. The first-order chi connectivity index (χ1) is 12.8. The minimum absolute atomic E-state index is 0.0730. The number of nitrogens with zero attached hydrogens (tertiary/aromatic N) is 1. The molecule has 27 heavy (non-hydrogen) atoms. The van der Waals surface area contributed by atoms with Crippen LogP contribution in [0, 0.1) is 0 Å². The Kier molecular flexibility index (Phi) is 7.51. The number of halogens is 2. The SMILES string of the molecule is CCN(CC)C(=O)c1cccc(NC(=O)C(C)Oc2ccc(Cl)c(Cl)c2)c1. The Bertz CT molecular complexity index is 823. The lowest BCUT2D eigenvalue weighted by Crippen LogP contribution is -2.31. The van der Waals surface area contributed by atoms with Crippen molar-refractivity contribution in [3.63, 3.8) is 0 Å². The van der Waals surface area contributed by atoms with Gasteiger partial charge < -0.3 is 15.0 Å². The average Bonchev–Trinajstić information content (AvgIpc) is 2.65. The number of hydrogen-bond acceptors (Lipinski definition) is 3. The lowest BCUT2D eigenvalue weighted by atomic mass is 10.1. The zero-order valence-electron chi connectivity index (χ0n) is 15.5. The third kappa shape index (κ3) is 5.62. The molecule has 2 rings (SSSR count). The van der Waals surface area contributed by atoms with E-state index in [9.17, 15) is 9.59 Å². The molecule has 0 aliphatic heterocycles. The van der Waals surface area contributed by atoms with Crippen LogP contribution in [0.3, 0.4) is 0 Å². The van der Waals surface area contributed by atoms with Crippen LogP contribution in [-0.2, 0) is 4.79 Å². The highest BCUT2D eigenvalue weighted by Crippen LogP contribution is 2.27. The first kappa shape index (κ1) is 21.1. The zero-order valence-corrected chi connectivity index (χ0v) is 17.0. The van der Waals surface area contributed by atoms with Gasteiger partial charge in [0.15, 0.2) is 6.10 Å². The summed E-state index contributed by atoms with van der Waals surface area (Å²) in [5, 5.41) is 3.53. The highest BCUT2D eigenvalue weighted by molar-refractivity contribution is 6.42. The summed E-state index contributed by atoms with van der Waals surface area (Å²) in [4.78, 5) is 26.6. The van der Waals surface area contributed by atoms with E-state index >= 15 is 0 Å². The van der Waals surface area contributed by atoms with Gasteiger partial charge >= 0.3 is 0 Å². The minimum Gasteiger partial charge on any atom is -0.481 e. The molecule has 1 atom stereocenters. The zero-order chi connectivity index (χ0) is 20.0. The maximum atomic E-state index is 12.4. The molecule has 1 N–H and O–H groups in total. The van der Waals surface area contributed by atoms with E-state index in [1.54, 1.807) is 54.3 Å². The van der Waals surface area contributed by atoms with Crippen LogP contribution in [0.5, 0.6) is 5.75 Å². The summed E-state index contributed by atoms with van der Waals surface area (Å²) in [7, 11) is 0. The topological polar surface area (TPSA) is 58.6 Å². The molecule has 2 aromatic carbocycles. The number of carbonyl (C=O) groups excluding carboxylic acids is 2. The Hall–Kier alpha value is -2.24. The third-order valence-corrected chi connectivity index (χ3v) is 4.74. The second kappa shape index (κ2) is 9.62. The number of rotatable bonds is 7. The summed E-state index contributed by atoms with van der Waals surface area (Å²) < 4.78 is 5.60. The number of anilines is 1. The van der Waals surface area contributed by atoms with Gasteiger partial charge in [0.25, 0.3) is 11.8 Å². The van der Waals surface area contributed by atoms with Crippen molar-refractivity contribution in [2.45, 2.75) is 26.9 Å². The van der Waals surface area contributed by atoms with E-state index in [0.29, 0.717) is 40.1 Å². The van der Waals surface area contributed by atoms with Gasteiger partial charge in [-0.2, -0.15) is 0 Å². The van der Waals surface area contributed by atoms with Gasteiger partial charge in [0.2, 0.25) is 0 Å². The van der Waals surface area contributed by atoms with Crippen LogP contribution >= 0.6 is 23.2 Å². The van der Waals surface area contributed by atoms with Gasteiger partial charge in [-0.15, -0.1) is 0 Å². The van der Waals surface area contributed by atoms with Crippen LogP contribution in [0.2, 0.25) is 10.0 Å². The standard InChI is InChI=1S/C20H22Cl2N2O3/c1-4-24(5-2)20(26)14-7-6-8-15(11-14)23-19(25)13(3)27-16-9-10-17(21)18(22)12-16/h6-13H,4-5H2,1-3H3,(H,23,25). The van der Waals surface area contributed by atoms with Gasteiger partial charge in [0.05, 0.1) is 10.0 Å². The smallest absolute Gasteiger partial charge is 0.265 e. The first-order valence-electron chi connectivity index (χ1n) is 8.67. The number of hydrogen-bond donors (Lipinski definition) is 1. The lowest BCUT2D eigenvalue weighted by molar-refractivity contribution is -0.122. The van der Waals surface area contributed by atoms with Gasteiger partial charge in [-0.1, -0.05) is 29.3 Å². The van der Waals surface area contributed by atoms with Gasteiger partial charge in [-0.25, -0.2) is 0 Å². The van der Waals surface area contributed by atoms with Gasteiger partial charge in [0.1, 0.15) is 5.75 Å². The molecule has 1 unspecified atom stereocenters. The van der Waals surface area contributed by atoms with E-state index < -0.39 is 6.10 Å². The van der Waals surface area contributed by atoms with Crippen LogP contribution in [0.4, 0.5) is 5.69 Å². The van der Waals surface area contributed by atoms with Crippen molar-refractivity contribution in [2.75, 3.05) is 18.4 Å². The highest BCUT2D eigenvalue weighted by atomic mass is 35.5. The van der Waals surface area contributed by atoms with Gasteiger partial charge in [-0.3, -0.25) is 9.59 Å². The van der Waals surface area contributed by atoms with Crippen LogP contribution < -0.4 is 10.1 Å². The van der Waals surface area contributed by atoms with E-state index in [2.05, 4.69) is 5.32 Å². The fourth-order valence-corrected chi connectivity index (χ4v) is 2.76. The average molecular weight is 409 g/mol. The first-order valence-corrected chi connectivity index (χ1v) is 9.43. The van der Waals surface area contributed by atoms with E-state index in [-0.39, 0.29) is 11.8 Å². The highest BCUT2D eigenvalue weighted by Gasteiger charge is 2.17. The monoisotopic (exact) mass is 408 g/mol. The van der Waals surface area contributed by atoms with Gasteiger partial charge in [-0.05, 0) is 51.1 Å². The van der Waals surface area contributed by atoms with Gasteiger partial charge in [0, 0.05) is 30.4 Å².